The fourth-order valence-corrected chi connectivity index (χ4v) is 2.61. The van der Waals surface area contributed by atoms with E-state index in [1.807, 2.05) is 16.8 Å². The molecule has 1 aliphatic rings. The van der Waals surface area contributed by atoms with Gasteiger partial charge < -0.3 is 9.84 Å². The topological polar surface area (TPSA) is 51.0 Å². The van der Waals surface area contributed by atoms with E-state index in [1.165, 1.54) is 0 Å². The van der Waals surface area contributed by atoms with Crippen LogP contribution in [0.4, 0.5) is 0 Å². The minimum absolute atomic E-state index is 0.456. The van der Waals surface area contributed by atoms with Crippen LogP contribution in [0, 0.1) is 0 Å². The van der Waals surface area contributed by atoms with Gasteiger partial charge in [-0.3, -0.25) is 0 Å². The van der Waals surface area contributed by atoms with E-state index in [4.69, 9.17) is 4.52 Å². The van der Waals surface area contributed by atoms with Gasteiger partial charge in [0.15, 0.2) is 5.82 Å². The summed E-state index contributed by atoms with van der Waals surface area (Å²) >= 11 is 1.64. The van der Waals surface area contributed by atoms with E-state index in [0.29, 0.717) is 11.8 Å². The first kappa shape index (κ1) is 9.99. The molecule has 1 fully saturated rings. The first-order valence-electron chi connectivity index (χ1n) is 5.50. The smallest absolute Gasteiger partial charge is 0.258 e. The molecule has 3 rings (SSSR count). The standard InChI is InChI=1S/C11H13N3OS/c1-4-12-5-2-8(1)10-13-11(15-14-10)9-3-6-16-7-9/h3,6-8,12H,1-2,4-5H2. The summed E-state index contributed by atoms with van der Waals surface area (Å²) in [6.07, 6.45) is 2.20. The zero-order valence-corrected chi connectivity index (χ0v) is 9.67. The summed E-state index contributed by atoms with van der Waals surface area (Å²) in [6.45, 7) is 2.10. The third-order valence-corrected chi connectivity index (χ3v) is 3.60. The van der Waals surface area contributed by atoms with Gasteiger partial charge >= 0.3 is 0 Å². The van der Waals surface area contributed by atoms with Gasteiger partial charge in [-0.25, -0.2) is 0 Å². The van der Waals surface area contributed by atoms with Gasteiger partial charge in [-0.2, -0.15) is 16.3 Å². The van der Waals surface area contributed by atoms with Gasteiger partial charge in [0.1, 0.15) is 0 Å². The third-order valence-electron chi connectivity index (χ3n) is 2.91. The predicted octanol–water partition coefficient (Wildman–Crippen LogP) is 2.27. The highest BCUT2D eigenvalue weighted by atomic mass is 32.1. The van der Waals surface area contributed by atoms with Crippen molar-refractivity contribution in [2.45, 2.75) is 18.8 Å². The van der Waals surface area contributed by atoms with E-state index in [-0.39, 0.29) is 0 Å². The Balaban J connectivity index is 1.82. The molecule has 0 saturated carbocycles. The molecule has 84 valence electrons. The van der Waals surface area contributed by atoms with E-state index in [0.717, 1.165) is 37.3 Å². The molecule has 0 atom stereocenters. The summed E-state index contributed by atoms with van der Waals surface area (Å²) in [7, 11) is 0. The van der Waals surface area contributed by atoms with Crippen LogP contribution >= 0.6 is 11.3 Å². The number of aromatic nitrogens is 2. The van der Waals surface area contributed by atoms with Gasteiger partial charge in [0, 0.05) is 11.3 Å². The second-order valence-corrected chi connectivity index (χ2v) is 4.77. The van der Waals surface area contributed by atoms with Crippen molar-refractivity contribution in [2.75, 3.05) is 13.1 Å². The summed E-state index contributed by atoms with van der Waals surface area (Å²) in [5.41, 5.74) is 1.03. The quantitative estimate of drug-likeness (QED) is 0.867. The number of nitrogens with one attached hydrogen (secondary N) is 1. The number of piperidine rings is 1. The number of hydrogen-bond acceptors (Lipinski definition) is 5. The Morgan fingerprint density at radius 1 is 1.38 bits per heavy atom. The van der Waals surface area contributed by atoms with Gasteiger partial charge in [-0.05, 0) is 37.4 Å². The zero-order valence-electron chi connectivity index (χ0n) is 8.85. The Kier molecular flexibility index (Phi) is 2.71. The van der Waals surface area contributed by atoms with Crippen LogP contribution in [0.3, 0.4) is 0 Å². The van der Waals surface area contributed by atoms with Crippen LogP contribution in [0.25, 0.3) is 11.5 Å². The maximum Gasteiger partial charge on any atom is 0.258 e. The summed E-state index contributed by atoms with van der Waals surface area (Å²) in [5, 5.41) is 11.5. The van der Waals surface area contributed by atoms with Crippen LogP contribution in [-0.4, -0.2) is 23.2 Å². The number of thiophene rings is 1. The maximum atomic E-state index is 5.29. The second kappa shape index (κ2) is 4.35. The first-order chi connectivity index (χ1) is 7.93. The van der Waals surface area contributed by atoms with Gasteiger partial charge in [0.2, 0.25) is 0 Å². The zero-order chi connectivity index (χ0) is 10.8. The molecule has 0 unspecified atom stereocenters. The molecule has 3 heterocycles. The Morgan fingerprint density at radius 2 is 2.25 bits per heavy atom. The molecular weight excluding hydrogens is 222 g/mol. The van der Waals surface area contributed by atoms with Crippen molar-refractivity contribution in [3.63, 3.8) is 0 Å². The molecule has 2 aromatic heterocycles. The molecule has 0 radical (unpaired) electrons. The molecule has 0 spiro atoms. The molecule has 1 aliphatic heterocycles. The highest BCUT2D eigenvalue weighted by Gasteiger charge is 2.21. The Morgan fingerprint density at radius 3 is 3.00 bits per heavy atom. The molecule has 1 saturated heterocycles. The van der Waals surface area contributed by atoms with E-state index in [2.05, 4.69) is 15.5 Å². The molecule has 0 bridgehead atoms. The van der Waals surface area contributed by atoms with Crippen molar-refractivity contribution >= 4 is 11.3 Å². The van der Waals surface area contributed by atoms with Crippen LogP contribution in [0.5, 0.6) is 0 Å². The minimum atomic E-state index is 0.456. The Hall–Kier alpha value is -1.20. The highest BCUT2D eigenvalue weighted by molar-refractivity contribution is 7.08. The molecule has 0 aliphatic carbocycles. The van der Waals surface area contributed by atoms with Crippen molar-refractivity contribution in [1.29, 1.82) is 0 Å². The molecule has 1 N–H and O–H groups in total. The van der Waals surface area contributed by atoms with Gasteiger partial charge in [0.25, 0.3) is 5.89 Å². The number of rotatable bonds is 2. The summed E-state index contributed by atoms with van der Waals surface area (Å²) < 4.78 is 5.29. The van der Waals surface area contributed by atoms with E-state index in [1.54, 1.807) is 11.3 Å². The van der Waals surface area contributed by atoms with Gasteiger partial charge in [-0.15, -0.1) is 0 Å². The lowest BCUT2D eigenvalue weighted by Crippen LogP contribution is -2.27. The second-order valence-electron chi connectivity index (χ2n) is 3.99. The third kappa shape index (κ3) is 1.88. The molecule has 0 amide bonds. The van der Waals surface area contributed by atoms with Crippen molar-refractivity contribution in [3.05, 3.63) is 22.7 Å². The Bertz CT molecular complexity index is 446. The van der Waals surface area contributed by atoms with E-state index >= 15 is 0 Å². The SMILES string of the molecule is c1cc(-c2nc(C3CCNCC3)no2)cs1. The largest absolute Gasteiger partial charge is 0.334 e. The lowest BCUT2D eigenvalue weighted by atomic mass is 9.98. The van der Waals surface area contributed by atoms with Gasteiger partial charge in [0.05, 0.1) is 5.56 Å². The van der Waals surface area contributed by atoms with Crippen LogP contribution in [0.2, 0.25) is 0 Å². The lowest BCUT2D eigenvalue weighted by molar-refractivity contribution is 0.392. The summed E-state index contributed by atoms with van der Waals surface area (Å²) in [6, 6.07) is 2.00. The summed E-state index contributed by atoms with van der Waals surface area (Å²) in [5.74, 6) is 1.97. The normalized spacial score (nSPS) is 17.8. The fraction of sp³-hybridized carbons (Fsp3) is 0.455. The van der Waals surface area contributed by atoms with E-state index in [9.17, 15) is 0 Å². The van der Waals surface area contributed by atoms with Crippen LogP contribution < -0.4 is 5.32 Å². The lowest BCUT2D eigenvalue weighted by Gasteiger charge is -2.18. The molecule has 0 aromatic carbocycles. The van der Waals surface area contributed by atoms with Crippen molar-refractivity contribution in [1.82, 2.24) is 15.5 Å². The van der Waals surface area contributed by atoms with Crippen molar-refractivity contribution in [2.24, 2.45) is 0 Å². The molecule has 2 aromatic rings. The average molecular weight is 235 g/mol. The fourth-order valence-electron chi connectivity index (χ4n) is 1.98. The molecule has 5 heteroatoms. The molecule has 4 nitrogen and oxygen atoms in total. The monoisotopic (exact) mass is 235 g/mol. The highest BCUT2D eigenvalue weighted by Crippen LogP contribution is 2.26. The van der Waals surface area contributed by atoms with E-state index < -0.39 is 0 Å². The Labute approximate surface area is 97.7 Å². The van der Waals surface area contributed by atoms with Crippen LogP contribution in [0.15, 0.2) is 21.3 Å². The van der Waals surface area contributed by atoms with Crippen molar-refractivity contribution < 1.29 is 4.52 Å². The van der Waals surface area contributed by atoms with Crippen LogP contribution in [-0.2, 0) is 0 Å². The van der Waals surface area contributed by atoms with Crippen LogP contribution in [0.1, 0.15) is 24.6 Å². The van der Waals surface area contributed by atoms with Gasteiger partial charge in [-0.1, -0.05) is 5.16 Å². The number of hydrogen-bond donors (Lipinski definition) is 1. The van der Waals surface area contributed by atoms with Crippen molar-refractivity contribution in [3.8, 4) is 11.5 Å². The molecule has 16 heavy (non-hydrogen) atoms. The average Bonchev–Trinajstić information content (AvgIpc) is 3.01. The maximum absolute atomic E-state index is 5.29. The minimum Gasteiger partial charge on any atom is -0.334 e. The first-order valence-corrected chi connectivity index (χ1v) is 6.44. The molecular formula is C11H13N3OS. The predicted molar refractivity (Wildman–Crippen MR) is 62.5 cm³/mol. The summed E-state index contributed by atoms with van der Waals surface area (Å²) in [4.78, 5) is 4.48. The number of nitrogens with zero attached hydrogens (tertiary/aromatic N) is 2.